The first-order chi connectivity index (χ1) is 12.6. The number of carbonyl (C=O) groups is 1. The van der Waals surface area contributed by atoms with E-state index < -0.39 is 0 Å². The maximum absolute atomic E-state index is 13.1. The molecule has 1 aliphatic heterocycles. The Bertz CT molecular complexity index is 744. The Kier molecular flexibility index (Phi) is 6.38. The fourth-order valence-corrected chi connectivity index (χ4v) is 4.43. The highest BCUT2D eigenvalue weighted by Gasteiger charge is 2.24. The number of rotatable bonds is 5. The van der Waals surface area contributed by atoms with Crippen molar-refractivity contribution in [1.29, 1.82) is 0 Å². The second kappa shape index (κ2) is 8.73. The molecule has 0 unspecified atom stereocenters. The first-order valence-corrected chi connectivity index (χ1v) is 10.1. The predicted octanol–water partition coefficient (Wildman–Crippen LogP) is 3.89. The van der Waals surface area contributed by atoms with Crippen molar-refractivity contribution in [3.63, 3.8) is 0 Å². The van der Waals surface area contributed by atoms with Crippen LogP contribution < -0.4 is 0 Å². The van der Waals surface area contributed by atoms with Crippen LogP contribution in [0.15, 0.2) is 24.3 Å². The van der Waals surface area contributed by atoms with Crippen LogP contribution in [-0.2, 0) is 13.0 Å². The van der Waals surface area contributed by atoms with Gasteiger partial charge in [-0.2, -0.15) is 0 Å². The summed E-state index contributed by atoms with van der Waals surface area (Å²) < 4.78 is 13.1. The molecule has 0 N–H and O–H groups in total. The number of carbonyl (C=O) groups excluding carboxylic acids is 1. The van der Waals surface area contributed by atoms with Crippen LogP contribution in [0.25, 0.3) is 0 Å². The third kappa shape index (κ3) is 4.68. The highest BCUT2D eigenvalue weighted by atomic mass is 32.1. The molecular formula is C20H26FN3OS. The van der Waals surface area contributed by atoms with Gasteiger partial charge in [0.05, 0.1) is 10.7 Å². The monoisotopic (exact) mass is 375 g/mol. The minimum atomic E-state index is -0.205. The van der Waals surface area contributed by atoms with Gasteiger partial charge in [-0.15, -0.1) is 11.3 Å². The topological polar surface area (TPSA) is 36.4 Å². The molecule has 1 aromatic heterocycles. The van der Waals surface area contributed by atoms with E-state index in [1.165, 1.54) is 12.1 Å². The number of hydrogen-bond donors (Lipinski definition) is 0. The third-order valence-electron chi connectivity index (χ3n) is 4.69. The highest BCUT2D eigenvalue weighted by molar-refractivity contribution is 7.13. The van der Waals surface area contributed by atoms with Crippen LogP contribution in [0.2, 0.25) is 0 Å². The predicted molar refractivity (Wildman–Crippen MR) is 103 cm³/mol. The van der Waals surface area contributed by atoms with Gasteiger partial charge in [0.2, 0.25) is 0 Å². The van der Waals surface area contributed by atoms with Gasteiger partial charge in [0.15, 0.2) is 0 Å². The quantitative estimate of drug-likeness (QED) is 0.795. The van der Waals surface area contributed by atoms with Gasteiger partial charge in [-0.25, -0.2) is 9.37 Å². The minimum absolute atomic E-state index is 0.117. The molecule has 3 rings (SSSR count). The zero-order valence-corrected chi connectivity index (χ0v) is 16.3. The van der Waals surface area contributed by atoms with Gasteiger partial charge in [0, 0.05) is 32.7 Å². The Balaban J connectivity index is 1.61. The standard InChI is InChI=1S/C20H26FN3OS/c1-3-5-18-22-15(2)19(26-18)20(25)24-11-4-10-23(12-13-24)14-16-6-8-17(21)9-7-16/h6-9H,3-5,10-14H2,1-2H3. The number of hydrogen-bond acceptors (Lipinski definition) is 4. The molecule has 0 bridgehead atoms. The largest absolute Gasteiger partial charge is 0.337 e. The molecule has 0 atom stereocenters. The molecule has 1 fully saturated rings. The Morgan fingerprint density at radius 3 is 2.69 bits per heavy atom. The van der Waals surface area contributed by atoms with Gasteiger partial charge in [-0.05, 0) is 43.9 Å². The number of thiazole rings is 1. The van der Waals surface area contributed by atoms with E-state index in [9.17, 15) is 9.18 Å². The molecule has 0 saturated carbocycles. The SMILES string of the molecule is CCCc1nc(C)c(C(=O)N2CCCN(Cc3ccc(F)cc3)CC2)s1. The van der Waals surface area contributed by atoms with Crippen LogP contribution in [0.5, 0.6) is 0 Å². The van der Waals surface area contributed by atoms with Gasteiger partial charge >= 0.3 is 0 Å². The molecular weight excluding hydrogens is 349 g/mol. The van der Waals surface area contributed by atoms with Crippen molar-refractivity contribution in [1.82, 2.24) is 14.8 Å². The third-order valence-corrected chi connectivity index (χ3v) is 5.90. The van der Waals surface area contributed by atoms with Crippen molar-refractivity contribution < 1.29 is 9.18 Å². The van der Waals surface area contributed by atoms with Gasteiger partial charge in [-0.3, -0.25) is 9.69 Å². The van der Waals surface area contributed by atoms with E-state index in [2.05, 4.69) is 16.8 Å². The summed E-state index contributed by atoms with van der Waals surface area (Å²) in [6.07, 6.45) is 2.93. The summed E-state index contributed by atoms with van der Waals surface area (Å²) in [6, 6.07) is 6.67. The Morgan fingerprint density at radius 1 is 1.19 bits per heavy atom. The highest BCUT2D eigenvalue weighted by Crippen LogP contribution is 2.22. The zero-order valence-electron chi connectivity index (χ0n) is 15.5. The number of nitrogens with zero attached hydrogens (tertiary/aromatic N) is 3. The van der Waals surface area contributed by atoms with Gasteiger partial charge in [0.25, 0.3) is 5.91 Å². The van der Waals surface area contributed by atoms with E-state index >= 15 is 0 Å². The summed E-state index contributed by atoms with van der Waals surface area (Å²) in [5.74, 6) is -0.0882. The lowest BCUT2D eigenvalue weighted by molar-refractivity contribution is 0.0765. The Morgan fingerprint density at radius 2 is 1.96 bits per heavy atom. The molecule has 1 aliphatic rings. The summed E-state index contributed by atoms with van der Waals surface area (Å²) >= 11 is 1.55. The van der Waals surface area contributed by atoms with E-state index in [4.69, 9.17) is 0 Å². The summed E-state index contributed by atoms with van der Waals surface area (Å²) in [5, 5.41) is 1.06. The molecule has 6 heteroatoms. The molecule has 140 valence electrons. The van der Waals surface area contributed by atoms with E-state index in [-0.39, 0.29) is 11.7 Å². The lowest BCUT2D eigenvalue weighted by Gasteiger charge is -2.21. The second-order valence-corrected chi connectivity index (χ2v) is 7.90. The number of benzene rings is 1. The molecule has 0 radical (unpaired) electrons. The van der Waals surface area contributed by atoms with Crippen LogP contribution >= 0.6 is 11.3 Å². The van der Waals surface area contributed by atoms with E-state index in [0.717, 1.165) is 73.1 Å². The average Bonchev–Trinajstić information content (AvgIpc) is 2.84. The molecule has 4 nitrogen and oxygen atoms in total. The maximum atomic E-state index is 13.1. The summed E-state index contributed by atoms with van der Waals surface area (Å²) in [6.45, 7) is 8.14. The second-order valence-electron chi connectivity index (χ2n) is 6.82. The molecule has 0 spiro atoms. The van der Waals surface area contributed by atoms with Gasteiger partial charge < -0.3 is 4.90 Å². The number of aromatic nitrogens is 1. The van der Waals surface area contributed by atoms with Crippen molar-refractivity contribution in [2.45, 2.75) is 39.7 Å². The first kappa shape index (κ1) is 19.0. The lowest BCUT2D eigenvalue weighted by atomic mass is 10.2. The molecule has 1 amide bonds. The fraction of sp³-hybridized carbons (Fsp3) is 0.500. The first-order valence-electron chi connectivity index (χ1n) is 9.29. The zero-order chi connectivity index (χ0) is 18.5. The smallest absolute Gasteiger partial charge is 0.265 e. The molecule has 2 heterocycles. The fourth-order valence-electron chi connectivity index (χ4n) is 3.30. The van der Waals surface area contributed by atoms with Gasteiger partial charge in [-0.1, -0.05) is 19.1 Å². The van der Waals surface area contributed by atoms with E-state index in [1.807, 2.05) is 24.0 Å². The van der Waals surface area contributed by atoms with Crippen LogP contribution in [0.4, 0.5) is 4.39 Å². The number of amides is 1. The van der Waals surface area contributed by atoms with Crippen molar-refractivity contribution in [3.8, 4) is 0 Å². The normalized spacial score (nSPS) is 15.9. The molecule has 1 saturated heterocycles. The summed E-state index contributed by atoms with van der Waals surface area (Å²) in [7, 11) is 0. The number of halogens is 1. The lowest BCUT2D eigenvalue weighted by Crippen LogP contribution is -2.35. The Labute approximate surface area is 158 Å². The Hall–Kier alpha value is -1.79. The van der Waals surface area contributed by atoms with E-state index in [1.54, 1.807) is 11.3 Å². The molecule has 26 heavy (non-hydrogen) atoms. The minimum Gasteiger partial charge on any atom is -0.337 e. The van der Waals surface area contributed by atoms with Gasteiger partial charge in [0.1, 0.15) is 10.7 Å². The van der Waals surface area contributed by atoms with Crippen molar-refractivity contribution in [2.75, 3.05) is 26.2 Å². The maximum Gasteiger partial charge on any atom is 0.265 e. The molecule has 2 aromatic rings. The average molecular weight is 376 g/mol. The molecule has 0 aliphatic carbocycles. The van der Waals surface area contributed by atoms with E-state index in [0.29, 0.717) is 0 Å². The van der Waals surface area contributed by atoms with Crippen LogP contribution in [-0.4, -0.2) is 46.9 Å². The van der Waals surface area contributed by atoms with Crippen molar-refractivity contribution in [2.24, 2.45) is 0 Å². The summed E-state index contributed by atoms with van der Waals surface area (Å²) in [4.78, 5) is 22.6. The summed E-state index contributed by atoms with van der Waals surface area (Å²) in [5.41, 5.74) is 1.96. The van der Waals surface area contributed by atoms with Crippen molar-refractivity contribution in [3.05, 3.63) is 51.2 Å². The van der Waals surface area contributed by atoms with Crippen LogP contribution in [0, 0.1) is 12.7 Å². The number of aryl methyl sites for hydroxylation is 2. The molecule has 1 aromatic carbocycles. The van der Waals surface area contributed by atoms with Crippen molar-refractivity contribution >= 4 is 17.2 Å². The van der Waals surface area contributed by atoms with Crippen LogP contribution in [0.3, 0.4) is 0 Å². The van der Waals surface area contributed by atoms with Crippen LogP contribution in [0.1, 0.15) is 45.7 Å².